The minimum Gasteiger partial charge on any atom is -0.382 e. The molecule has 2 nitrogen and oxygen atoms in total. The van der Waals surface area contributed by atoms with E-state index in [0.717, 1.165) is 11.3 Å². The van der Waals surface area contributed by atoms with Gasteiger partial charge in [0, 0.05) is 12.2 Å². The van der Waals surface area contributed by atoms with E-state index in [1.54, 1.807) is 12.3 Å². The molecule has 64 valence electrons. The third-order valence-electron chi connectivity index (χ3n) is 1.52. The van der Waals surface area contributed by atoms with Gasteiger partial charge in [-0.3, -0.25) is 4.98 Å². The SMILES string of the molecule is [B]c1cc(NC(C)C)c(C#C)cn1. The molecule has 0 saturated heterocycles. The van der Waals surface area contributed by atoms with Gasteiger partial charge < -0.3 is 5.32 Å². The Bertz CT molecular complexity index is 339. The highest BCUT2D eigenvalue weighted by atomic mass is 14.9. The molecule has 0 bridgehead atoms. The van der Waals surface area contributed by atoms with Crippen molar-refractivity contribution in [2.75, 3.05) is 5.32 Å². The van der Waals surface area contributed by atoms with E-state index in [4.69, 9.17) is 14.3 Å². The second kappa shape index (κ2) is 4.00. The first-order valence-corrected chi connectivity index (χ1v) is 4.12. The number of nitrogens with zero attached hydrogens (tertiary/aromatic N) is 1. The van der Waals surface area contributed by atoms with Crippen molar-refractivity contribution >= 4 is 19.1 Å². The summed E-state index contributed by atoms with van der Waals surface area (Å²) >= 11 is 0. The van der Waals surface area contributed by atoms with Gasteiger partial charge in [0.25, 0.3) is 0 Å². The molecule has 3 heteroatoms. The zero-order chi connectivity index (χ0) is 9.84. The van der Waals surface area contributed by atoms with Crippen molar-refractivity contribution in [3.8, 4) is 12.3 Å². The number of terminal acetylenes is 1. The molecule has 13 heavy (non-hydrogen) atoms. The Morgan fingerprint density at radius 3 is 2.85 bits per heavy atom. The number of pyridine rings is 1. The average Bonchev–Trinajstić information content (AvgIpc) is 2.03. The Kier molecular flexibility index (Phi) is 2.97. The zero-order valence-corrected chi connectivity index (χ0v) is 7.83. The fourth-order valence-corrected chi connectivity index (χ4v) is 1.02. The third kappa shape index (κ3) is 2.52. The number of rotatable bonds is 2. The van der Waals surface area contributed by atoms with Crippen molar-refractivity contribution in [3.05, 3.63) is 17.8 Å². The summed E-state index contributed by atoms with van der Waals surface area (Å²) in [6.45, 7) is 4.08. The minimum atomic E-state index is 0.328. The summed E-state index contributed by atoms with van der Waals surface area (Å²) in [4.78, 5) is 3.91. The van der Waals surface area contributed by atoms with Crippen molar-refractivity contribution < 1.29 is 0 Å². The van der Waals surface area contributed by atoms with Crippen molar-refractivity contribution in [2.45, 2.75) is 19.9 Å². The van der Waals surface area contributed by atoms with Crippen molar-refractivity contribution in [3.63, 3.8) is 0 Å². The van der Waals surface area contributed by atoms with Crippen LogP contribution in [0.15, 0.2) is 12.3 Å². The van der Waals surface area contributed by atoms with Gasteiger partial charge >= 0.3 is 0 Å². The van der Waals surface area contributed by atoms with Crippen LogP contribution in [0.1, 0.15) is 19.4 Å². The van der Waals surface area contributed by atoms with E-state index in [1.165, 1.54) is 0 Å². The summed E-state index contributed by atoms with van der Waals surface area (Å²) in [5, 5.41) is 3.20. The maximum Gasteiger partial charge on any atom is 0.141 e. The fraction of sp³-hybridized carbons (Fsp3) is 0.300. The lowest BCUT2D eigenvalue weighted by Gasteiger charge is -2.12. The maximum atomic E-state index is 5.54. The van der Waals surface area contributed by atoms with Crippen LogP contribution in [-0.4, -0.2) is 18.9 Å². The predicted molar refractivity (Wildman–Crippen MR) is 56.3 cm³/mol. The molecule has 0 fully saturated rings. The molecule has 0 aliphatic heterocycles. The van der Waals surface area contributed by atoms with Crippen LogP contribution in [-0.2, 0) is 0 Å². The van der Waals surface area contributed by atoms with Gasteiger partial charge in [-0.2, -0.15) is 0 Å². The highest BCUT2D eigenvalue weighted by Crippen LogP contribution is 2.11. The van der Waals surface area contributed by atoms with Crippen LogP contribution >= 0.6 is 0 Å². The van der Waals surface area contributed by atoms with Crippen LogP contribution in [0.2, 0.25) is 0 Å². The van der Waals surface area contributed by atoms with Crippen LogP contribution in [0.3, 0.4) is 0 Å². The summed E-state index contributed by atoms with van der Waals surface area (Å²) in [6, 6.07) is 2.07. The van der Waals surface area contributed by atoms with Gasteiger partial charge in [0.1, 0.15) is 7.85 Å². The lowest BCUT2D eigenvalue weighted by Crippen LogP contribution is -2.15. The second-order valence-electron chi connectivity index (χ2n) is 3.10. The topological polar surface area (TPSA) is 24.9 Å². The third-order valence-corrected chi connectivity index (χ3v) is 1.52. The summed E-state index contributed by atoms with van der Waals surface area (Å²) in [5.74, 6) is 2.55. The van der Waals surface area contributed by atoms with Gasteiger partial charge in [-0.15, -0.1) is 6.42 Å². The first-order valence-electron chi connectivity index (χ1n) is 4.12. The van der Waals surface area contributed by atoms with E-state index in [-0.39, 0.29) is 0 Å². The first-order chi connectivity index (χ1) is 6.13. The number of hydrogen-bond donors (Lipinski definition) is 1. The molecule has 1 aromatic heterocycles. The van der Waals surface area contributed by atoms with Crippen LogP contribution in [0.4, 0.5) is 5.69 Å². The Labute approximate surface area is 80.2 Å². The van der Waals surface area contributed by atoms with E-state index < -0.39 is 0 Å². The summed E-state index contributed by atoms with van der Waals surface area (Å²) in [5.41, 5.74) is 2.08. The molecule has 0 aliphatic rings. The Morgan fingerprint density at radius 2 is 2.31 bits per heavy atom. The number of nitrogens with one attached hydrogen (secondary N) is 1. The number of anilines is 1. The quantitative estimate of drug-likeness (QED) is 0.521. The standard InChI is InChI=1S/C10H11BN2/c1-4-8-6-12-10(11)5-9(8)13-7(2)3/h1,5-7H,2-3H3,(H,12,13). The molecule has 1 N–H and O–H groups in total. The van der Waals surface area contributed by atoms with E-state index >= 15 is 0 Å². The van der Waals surface area contributed by atoms with Gasteiger partial charge in [-0.1, -0.05) is 5.92 Å². The maximum absolute atomic E-state index is 5.54. The molecule has 1 heterocycles. The molecule has 0 saturated carbocycles. The monoisotopic (exact) mass is 170 g/mol. The van der Waals surface area contributed by atoms with E-state index in [2.05, 4.69) is 16.2 Å². The minimum absolute atomic E-state index is 0.328. The van der Waals surface area contributed by atoms with E-state index in [1.807, 2.05) is 13.8 Å². The highest BCUT2D eigenvalue weighted by molar-refractivity contribution is 6.30. The van der Waals surface area contributed by atoms with Gasteiger partial charge in [-0.25, -0.2) is 0 Å². The molecular formula is C10H11BN2. The second-order valence-corrected chi connectivity index (χ2v) is 3.10. The molecule has 0 atom stereocenters. The molecule has 0 unspecified atom stereocenters. The van der Waals surface area contributed by atoms with Crippen LogP contribution < -0.4 is 10.9 Å². The number of aromatic nitrogens is 1. The normalized spacial score (nSPS) is 9.69. The largest absolute Gasteiger partial charge is 0.382 e. The molecule has 0 aromatic carbocycles. The zero-order valence-electron chi connectivity index (χ0n) is 7.83. The van der Waals surface area contributed by atoms with Crippen molar-refractivity contribution in [1.82, 2.24) is 4.98 Å². The Balaban J connectivity index is 3.03. The van der Waals surface area contributed by atoms with Crippen LogP contribution in [0.5, 0.6) is 0 Å². The van der Waals surface area contributed by atoms with Crippen LogP contribution in [0.25, 0.3) is 0 Å². The summed E-state index contributed by atoms with van der Waals surface area (Å²) in [7, 11) is 5.54. The Hall–Kier alpha value is -1.43. The van der Waals surface area contributed by atoms with Crippen molar-refractivity contribution in [1.29, 1.82) is 0 Å². The number of hydrogen-bond acceptors (Lipinski definition) is 2. The van der Waals surface area contributed by atoms with Gasteiger partial charge in [0.05, 0.1) is 11.3 Å². The summed E-state index contributed by atoms with van der Waals surface area (Å²) in [6.07, 6.45) is 6.90. The molecule has 0 spiro atoms. The van der Waals surface area contributed by atoms with E-state index in [9.17, 15) is 0 Å². The lowest BCUT2D eigenvalue weighted by molar-refractivity contribution is 0.898. The van der Waals surface area contributed by atoms with E-state index in [0.29, 0.717) is 11.6 Å². The molecule has 0 amide bonds. The summed E-state index contributed by atoms with van der Waals surface area (Å²) < 4.78 is 0. The molecule has 1 aromatic rings. The molecule has 1 rings (SSSR count). The van der Waals surface area contributed by atoms with Gasteiger partial charge in [0.15, 0.2) is 0 Å². The smallest absolute Gasteiger partial charge is 0.141 e. The molecular weight excluding hydrogens is 159 g/mol. The van der Waals surface area contributed by atoms with Crippen molar-refractivity contribution in [2.24, 2.45) is 0 Å². The first kappa shape index (κ1) is 9.66. The van der Waals surface area contributed by atoms with Gasteiger partial charge in [0.2, 0.25) is 0 Å². The molecule has 2 radical (unpaired) electrons. The highest BCUT2D eigenvalue weighted by Gasteiger charge is 2.01. The predicted octanol–water partition coefficient (Wildman–Crippen LogP) is 0.677. The van der Waals surface area contributed by atoms with Gasteiger partial charge in [-0.05, 0) is 25.5 Å². The van der Waals surface area contributed by atoms with Crippen LogP contribution in [0, 0.1) is 12.3 Å². The lowest BCUT2D eigenvalue weighted by atomic mass is 10.0. The fourth-order valence-electron chi connectivity index (χ4n) is 1.02. The molecule has 0 aliphatic carbocycles. The Morgan fingerprint density at radius 1 is 1.62 bits per heavy atom. The average molecular weight is 170 g/mol.